The smallest absolute Gasteiger partial charge is 0.383 e. The van der Waals surface area contributed by atoms with E-state index in [1.54, 1.807) is 0 Å². The normalized spacial score (nSPS) is 12.7. The van der Waals surface area contributed by atoms with Crippen LogP contribution in [0.1, 0.15) is 0 Å². The molecule has 0 N–H and O–H groups in total. The lowest BCUT2D eigenvalue weighted by atomic mass is 10.3. The van der Waals surface area contributed by atoms with Crippen LogP contribution in [0.2, 0.25) is 39.3 Å². The van der Waals surface area contributed by atoms with Gasteiger partial charge in [-0.15, -0.1) is 0 Å². The van der Waals surface area contributed by atoms with Crippen LogP contribution in [0.3, 0.4) is 0 Å². The van der Waals surface area contributed by atoms with Gasteiger partial charge < -0.3 is 17.1 Å². The molecule has 2 rings (SSSR count). The first-order valence-electron chi connectivity index (χ1n) is 8.45. The van der Waals surface area contributed by atoms with Gasteiger partial charge in [0.05, 0.1) is 0 Å². The minimum Gasteiger partial charge on any atom is -0.521 e. The summed E-state index contributed by atoms with van der Waals surface area (Å²) in [6, 6.07) is 19.6. The van der Waals surface area contributed by atoms with E-state index >= 15 is 0 Å². The van der Waals surface area contributed by atoms with Gasteiger partial charge in [-0.3, -0.25) is 0 Å². The molecule has 2 aromatic rings. The van der Waals surface area contributed by atoms with E-state index in [1.165, 1.54) is 0 Å². The molecule has 2 aromatic carbocycles. The van der Waals surface area contributed by atoms with Crippen molar-refractivity contribution in [1.29, 1.82) is 0 Å². The van der Waals surface area contributed by atoms with Crippen molar-refractivity contribution in [3.63, 3.8) is 0 Å². The molecule has 0 aliphatic rings. The molecule has 0 bridgehead atoms. The lowest BCUT2D eigenvalue weighted by Gasteiger charge is -2.37. The monoisotopic (exact) mass is 392 g/mol. The van der Waals surface area contributed by atoms with E-state index < -0.39 is 25.7 Å². The summed E-state index contributed by atoms with van der Waals surface area (Å²) in [6.07, 6.45) is 0. The fourth-order valence-electron chi connectivity index (χ4n) is 2.79. The van der Waals surface area contributed by atoms with E-state index in [1.807, 2.05) is 86.9 Å². The number of para-hydroxylation sites is 2. The molecule has 0 saturated carbocycles. The van der Waals surface area contributed by atoms with Crippen molar-refractivity contribution >= 4 is 25.7 Å². The zero-order valence-electron chi connectivity index (χ0n) is 15.9. The van der Waals surface area contributed by atoms with Crippen molar-refractivity contribution in [2.45, 2.75) is 39.3 Å². The molecule has 4 nitrogen and oxygen atoms in total. The van der Waals surface area contributed by atoms with Gasteiger partial charge in [0.2, 0.25) is 0 Å². The third-order valence-electron chi connectivity index (χ3n) is 3.20. The van der Waals surface area contributed by atoms with Crippen LogP contribution < -0.4 is 8.85 Å². The molecule has 7 heteroatoms. The maximum atomic E-state index is 6.39. The van der Waals surface area contributed by atoms with Crippen molar-refractivity contribution in [2.24, 2.45) is 0 Å². The Morgan fingerprint density at radius 2 is 0.800 bits per heavy atom. The molecular weight excluding hydrogens is 364 g/mol. The van der Waals surface area contributed by atoms with Gasteiger partial charge in [-0.2, -0.15) is 0 Å². The van der Waals surface area contributed by atoms with Crippen LogP contribution in [-0.2, 0) is 8.23 Å². The molecule has 136 valence electrons. The zero-order chi connectivity index (χ0) is 18.6. The lowest BCUT2D eigenvalue weighted by Crippen LogP contribution is -2.56. The summed E-state index contributed by atoms with van der Waals surface area (Å²) in [5.74, 6) is 1.67. The Balaban J connectivity index is 1.99. The number of rotatable bonds is 8. The van der Waals surface area contributed by atoms with Crippen LogP contribution in [0.15, 0.2) is 60.7 Å². The fourth-order valence-corrected chi connectivity index (χ4v) is 14.5. The zero-order valence-corrected chi connectivity index (χ0v) is 18.9. The Labute approximate surface area is 154 Å². The Hall–Kier alpha value is -1.39. The van der Waals surface area contributed by atoms with Gasteiger partial charge in [-0.1, -0.05) is 36.4 Å². The lowest BCUT2D eigenvalue weighted by molar-refractivity contribution is 0.302. The Kier molecular flexibility index (Phi) is 6.28. The summed E-state index contributed by atoms with van der Waals surface area (Å²) < 4.78 is 25.0. The molecule has 0 aliphatic heterocycles. The average molecular weight is 393 g/mol. The highest BCUT2D eigenvalue weighted by Crippen LogP contribution is 2.25. The topological polar surface area (TPSA) is 36.9 Å². The van der Waals surface area contributed by atoms with Crippen molar-refractivity contribution in [3.8, 4) is 11.5 Å². The molecule has 0 unspecified atom stereocenters. The summed E-state index contributed by atoms with van der Waals surface area (Å²) in [7, 11) is -7.14. The van der Waals surface area contributed by atoms with E-state index in [0.29, 0.717) is 0 Å². The van der Waals surface area contributed by atoms with Gasteiger partial charge in [0.15, 0.2) is 0 Å². The first kappa shape index (κ1) is 19.9. The van der Waals surface area contributed by atoms with Crippen molar-refractivity contribution in [2.75, 3.05) is 0 Å². The quantitative estimate of drug-likeness (QED) is 0.573. The summed E-state index contributed by atoms with van der Waals surface area (Å²) in [4.78, 5) is 0. The second-order valence-electron chi connectivity index (χ2n) is 7.23. The highest BCUT2D eigenvalue weighted by Gasteiger charge is 2.43. The van der Waals surface area contributed by atoms with Crippen molar-refractivity contribution in [3.05, 3.63) is 60.7 Å². The summed E-state index contributed by atoms with van der Waals surface area (Å²) in [5.41, 5.74) is 0. The highest BCUT2D eigenvalue weighted by molar-refractivity contribution is 6.84. The van der Waals surface area contributed by atoms with E-state index in [2.05, 4.69) is 13.1 Å². The predicted molar refractivity (Wildman–Crippen MR) is 109 cm³/mol. The predicted octanol–water partition coefficient (Wildman–Crippen LogP) is 5.28. The Morgan fingerprint density at radius 3 is 1.12 bits per heavy atom. The first-order chi connectivity index (χ1) is 11.6. The molecule has 0 heterocycles. The standard InChI is InChI=1S/C18H28O4Si3/c1-23(2,19-17-13-9-7-10-14-17)21-25(5,6)22-24(3,4)20-18-15-11-8-12-16-18/h7-16H,1-6H3. The van der Waals surface area contributed by atoms with E-state index in [-0.39, 0.29) is 0 Å². The van der Waals surface area contributed by atoms with E-state index in [0.717, 1.165) is 11.5 Å². The molecular formula is C18H28O4Si3. The molecule has 0 amide bonds. The van der Waals surface area contributed by atoms with Crippen LogP contribution in [0.4, 0.5) is 0 Å². The molecule has 25 heavy (non-hydrogen) atoms. The van der Waals surface area contributed by atoms with Crippen LogP contribution >= 0.6 is 0 Å². The minimum absolute atomic E-state index is 0.834. The third-order valence-corrected chi connectivity index (χ3v) is 12.5. The van der Waals surface area contributed by atoms with E-state index in [4.69, 9.17) is 17.1 Å². The molecule has 0 atom stereocenters. The van der Waals surface area contributed by atoms with Gasteiger partial charge in [0.25, 0.3) is 0 Å². The van der Waals surface area contributed by atoms with Gasteiger partial charge in [0.1, 0.15) is 11.5 Å². The van der Waals surface area contributed by atoms with Gasteiger partial charge >= 0.3 is 25.7 Å². The molecule has 0 radical (unpaired) electrons. The second-order valence-corrected chi connectivity index (χ2v) is 17.7. The van der Waals surface area contributed by atoms with Crippen LogP contribution in [0.5, 0.6) is 11.5 Å². The maximum Gasteiger partial charge on any atom is 0.383 e. The largest absolute Gasteiger partial charge is 0.521 e. The second kappa shape index (κ2) is 7.88. The van der Waals surface area contributed by atoms with E-state index in [9.17, 15) is 0 Å². The Bertz CT molecular complexity index is 603. The summed E-state index contributed by atoms with van der Waals surface area (Å²) >= 11 is 0. The molecule has 0 aliphatic carbocycles. The summed E-state index contributed by atoms with van der Waals surface area (Å²) in [6.45, 7) is 12.3. The SMILES string of the molecule is C[Si](C)(Oc1ccccc1)O[Si](C)(C)O[Si](C)(C)Oc1ccccc1. The average Bonchev–Trinajstić information content (AvgIpc) is 2.45. The highest BCUT2D eigenvalue weighted by atomic mass is 28.5. The van der Waals surface area contributed by atoms with Gasteiger partial charge in [-0.05, 0) is 63.5 Å². The van der Waals surface area contributed by atoms with Crippen molar-refractivity contribution < 1.29 is 17.1 Å². The number of hydrogen-bond donors (Lipinski definition) is 0. The Morgan fingerprint density at radius 1 is 0.480 bits per heavy atom. The molecule has 0 saturated heterocycles. The molecule has 0 aromatic heterocycles. The van der Waals surface area contributed by atoms with Crippen LogP contribution in [-0.4, -0.2) is 25.7 Å². The fraction of sp³-hybridized carbons (Fsp3) is 0.333. The summed E-state index contributed by atoms with van der Waals surface area (Å²) in [5, 5.41) is 0. The minimum atomic E-state index is -2.41. The molecule has 0 fully saturated rings. The maximum absolute atomic E-state index is 6.39. The number of benzene rings is 2. The van der Waals surface area contributed by atoms with Crippen LogP contribution in [0.25, 0.3) is 0 Å². The first-order valence-corrected chi connectivity index (χ1v) is 16.9. The molecule has 0 spiro atoms. The number of hydrogen-bond acceptors (Lipinski definition) is 4. The van der Waals surface area contributed by atoms with Crippen LogP contribution in [0, 0.1) is 0 Å². The van der Waals surface area contributed by atoms with Gasteiger partial charge in [0, 0.05) is 0 Å². The van der Waals surface area contributed by atoms with Crippen molar-refractivity contribution in [1.82, 2.24) is 0 Å². The van der Waals surface area contributed by atoms with Gasteiger partial charge in [-0.25, -0.2) is 0 Å². The third kappa shape index (κ3) is 7.17.